The molecule has 0 radical (unpaired) electrons. The number of aromatic nitrogens is 1. The molecule has 0 spiro atoms. The number of hydrogen-bond donors (Lipinski definition) is 1. The van der Waals surface area contributed by atoms with Crippen LogP contribution in [0.2, 0.25) is 0 Å². The van der Waals surface area contributed by atoms with E-state index in [-0.39, 0.29) is 16.8 Å². The van der Waals surface area contributed by atoms with Crippen molar-refractivity contribution in [2.24, 2.45) is 5.92 Å². The molecule has 3 aromatic carbocycles. The Kier molecular flexibility index (Phi) is 8.65. The quantitative estimate of drug-likeness (QED) is 0.268. The van der Waals surface area contributed by atoms with Crippen LogP contribution in [0.25, 0.3) is 10.8 Å². The number of amides is 1. The van der Waals surface area contributed by atoms with Gasteiger partial charge in [-0.25, -0.2) is 8.42 Å². The van der Waals surface area contributed by atoms with E-state index >= 15 is 0 Å². The zero-order valence-corrected chi connectivity index (χ0v) is 27.6. The molecular weight excluding hydrogens is 596 g/mol. The summed E-state index contributed by atoms with van der Waals surface area (Å²) in [5, 5.41) is 5.04. The van der Waals surface area contributed by atoms with Gasteiger partial charge in [-0.05, 0) is 109 Å². The van der Waals surface area contributed by atoms with E-state index in [4.69, 9.17) is 4.74 Å². The Balaban J connectivity index is 1.08. The first kappa shape index (κ1) is 31.0. The molecule has 1 N–H and O–H groups in total. The second-order valence-electron chi connectivity index (χ2n) is 13.2. The number of nitrogens with zero attached hydrogens (tertiary/aromatic N) is 3. The molecule has 46 heavy (non-hydrogen) atoms. The van der Waals surface area contributed by atoms with Crippen molar-refractivity contribution >= 4 is 26.7 Å². The molecule has 1 fully saturated rings. The third kappa shape index (κ3) is 6.08. The lowest BCUT2D eigenvalue weighted by molar-refractivity contribution is -0.127. The van der Waals surface area contributed by atoms with Gasteiger partial charge in [0, 0.05) is 37.6 Å². The van der Waals surface area contributed by atoms with Crippen LogP contribution in [0.5, 0.6) is 5.75 Å². The molecule has 3 aliphatic rings. The van der Waals surface area contributed by atoms with Gasteiger partial charge in [0.2, 0.25) is 15.9 Å². The summed E-state index contributed by atoms with van der Waals surface area (Å²) < 4.78 is 37.5. The van der Waals surface area contributed by atoms with Crippen LogP contribution in [0.15, 0.2) is 77.8 Å². The average molecular weight is 641 g/mol. The molecule has 3 heterocycles. The summed E-state index contributed by atoms with van der Waals surface area (Å²) in [6.07, 6.45) is 8.50. The summed E-state index contributed by atoms with van der Waals surface area (Å²) in [6, 6.07) is 21.0. The third-order valence-electron chi connectivity index (χ3n) is 10.3. The summed E-state index contributed by atoms with van der Waals surface area (Å²) in [7, 11) is -2.29. The van der Waals surface area contributed by atoms with Crippen LogP contribution in [0.3, 0.4) is 0 Å². The van der Waals surface area contributed by atoms with Gasteiger partial charge in [0.1, 0.15) is 5.75 Å². The predicted octanol–water partition coefficient (Wildman–Crippen LogP) is 5.69. The molecule has 3 unspecified atom stereocenters. The van der Waals surface area contributed by atoms with Crippen molar-refractivity contribution in [3.63, 3.8) is 0 Å². The summed E-state index contributed by atoms with van der Waals surface area (Å²) in [5.41, 5.74) is 4.92. The zero-order chi connectivity index (χ0) is 31.8. The highest BCUT2D eigenvalue weighted by molar-refractivity contribution is 7.89. The minimum absolute atomic E-state index is 0.0216. The molecule has 1 amide bonds. The van der Waals surface area contributed by atoms with E-state index in [0.29, 0.717) is 13.1 Å². The summed E-state index contributed by atoms with van der Waals surface area (Å²) in [6.45, 7) is 6.08. The molecule has 242 valence electrons. The maximum Gasteiger partial charge on any atom is 0.243 e. The van der Waals surface area contributed by atoms with Crippen LogP contribution < -0.4 is 10.1 Å². The molecule has 1 saturated heterocycles. The lowest BCUT2D eigenvalue weighted by Crippen LogP contribution is -2.49. The molecule has 0 saturated carbocycles. The number of methoxy groups -OCH3 is 1. The van der Waals surface area contributed by atoms with Gasteiger partial charge in [-0.1, -0.05) is 43.7 Å². The largest absolute Gasteiger partial charge is 0.497 e. The Morgan fingerprint density at radius 3 is 2.57 bits per heavy atom. The van der Waals surface area contributed by atoms with Gasteiger partial charge < -0.3 is 14.6 Å². The van der Waals surface area contributed by atoms with E-state index in [9.17, 15) is 13.2 Å². The number of fused-ring (bicyclic) bond motifs is 3. The standard InChI is InChI=1S/C37H44N4O4S/c1-26(37(42)38-32-13-10-28-21-27(8-9-29(28)22-32)25-39-16-4-3-5-17-39)36-35-7-6-18-40(35)19-20-41(36)46(43,44)34-15-12-30-23-33(45-2)14-11-31(30)24-34/h6-9,11-12,14-15,18,21,23-24,26,32,36H,3-5,10,13,16-17,19-20,22,25H2,1-2H3,(H,38,42). The fourth-order valence-electron chi connectivity index (χ4n) is 7.67. The Bertz CT molecular complexity index is 1850. The highest BCUT2D eigenvalue weighted by atomic mass is 32.2. The summed E-state index contributed by atoms with van der Waals surface area (Å²) in [4.78, 5) is 16.7. The number of benzene rings is 3. The van der Waals surface area contributed by atoms with Crippen LogP contribution >= 0.6 is 0 Å². The second kappa shape index (κ2) is 12.9. The van der Waals surface area contributed by atoms with E-state index in [1.807, 2.05) is 49.5 Å². The fraction of sp³-hybridized carbons (Fsp3) is 0.432. The topological polar surface area (TPSA) is 83.9 Å². The molecule has 0 bridgehead atoms. The van der Waals surface area contributed by atoms with Gasteiger partial charge in [-0.3, -0.25) is 9.69 Å². The summed E-state index contributed by atoms with van der Waals surface area (Å²) in [5.74, 6) is 0.0289. The number of piperidine rings is 1. The van der Waals surface area contributed by atoms with Crippen molar-refractivity contribution in [3.05, 3.63) is 95.3 Å². The van der Waals surface area contributed by atoms with Crippen molar-refractivity contribution in [1.29, 1.82) is 0 Å². The molecular formula is C37H44N4O4S. The minimum atomic E-state index is -3.90. The molecule has 2 aliphatic heterocycles. The normalized spacial score (nSPS) is 21.3. The first-order valence-corrected chi connectivity index (χ1v) is 18.1. The summed E-state index contributed by atoms with van der Waals surface area (Å²) >= 11 is 0. The number of aryl methyl sites for hydroxylation is 1. The van der Waals surface area contributed by atoms with Gasteiger partial charge in [-0.2, -0.15) is 4.31 Å². The van der Waals surface area contributed by atoms with Gasteiger partial charge in [0.05, 0.1) is 24.0 Å². The van der Waals surface area contributed by atoms with Crippen LogP contribution in [-0.2, 0) is 40.7 Å². The SMILES string of the molecule is COc1ccc2cc(S(=O)(=O)N3CCn4cccc4C3C(C)C(=O)NC3CCc4cc(CN5CCCCC5)ccc4C3)ccc2c1. The highest BCUT2D eigenvalue weighted by Crippen LogP contribution is 2.38. The van der Waals surface area contributed by atoms with E-state index in [1.54, 1.807) is 19.2 Å². The van der Waals surface area contributed by atoms with Gasteiger partial charge in [-0.15, -0.1) is 0 Å². The molecule has 1 aliphatic carbocycles. The minimum Gasteiger partial charge on any atom is -0.497 e. The van der Waals surface area contributed by atoms with E-state index in [2.05, 4.69) is 33.0 Å². The Morgan fingerprint density at radius 2 is 1.74 bits per heavy atom. The van der Waals surface area contributed by atoms with Gasteiger partial charge in [0.25, 0.3) is 0 Å². The molecule has 9 heteroatoms. The van der Waals surface area contributed by atoms with Crippen LogP contribution in [-0.4, -0.2) is 60.9 Å². The Labute approximate surface area is 272 Å². The van der Waals surface area contributed by atoms with Crippen molar-refractivity contribution in [2.45, 2.75) is 75.5 Å². The van der Waals surface area contributed by atoms with Gasteiger partial charge in [0.15, 0.2) is 0 Å². The number of likely N-dealkylation sites (tertiary alicyclic amines) is 1. The number of carbonyl (C=O) groups is 1. The Morgan fingerprint density at radius 1 is 0.935 bits per heavy atom. The van der Waals surface area contributed by atoms with E-state index in [1.165, 1.54) is 53.3 Å². The fourth-order valence-corrected chi connectivity index (χ4v) is 9.37. The molecule has 1 aromatic heterocycles. The van der Waals surface area contributed by atoms with Gasteiger partial charge >= 0.3 is 0 Å². The molecule has 3 atom stereocenters. The van der Waals surface area contributed by atoms with E-state index < -0.39 is 22.0 Å². The molecule has 8 nitrogen and oxygen atoms in total. The molecule has 7 rings (SSSR count). The average Bonchev–Trinajstić information content (AvgIpc) is 3.57. The number of carbonyl (C=O) groups excluding carboxylic acids is 1. The van der Waals surface area contributed by atoms with Crippen molar-refractivity contribution < 1.29 is 17.9 Å². The van der Waals surface area contributed by atoms with Crippen LogP contribution in [0, 0.1) is 5.92 Å². The number of hydrogen-bond acceptors (Lipinski definition) is 5. The monoisotopic (exact) mass is 640 g/mol. The predicted molar refractivity (Wildman–Crippen MR) is 180 cm³/mol. The first-order chi connectivity index (χ1) is 22.3. The maximum absolute atomic E-state index is 14.3. The van der Waals surface area contributed by atoms with Crippen molar-refractivity contribution in [3.8, 4) is 5.75 Å². The lowest BCUT2D eigenvalue weighted by Gasteiger charge is -2.39. The second-order valence-corrected chi connectivity index (χ2v) is 15.1. The maximum atomic E-state index is 14.3. The number of ether oxygens (including phenoxy) is 1. The van der Waals surface area contributed by atoms with Crippen molar-refractivity contribution in [2.75, 3.05) is 26.7 Å². The number of sulfonamides is 1. The third-order valence-corrected chi connectivity index (χ3v) is 12.1. The lowest BCUT2D eigenvalue weighted by atomic mass is 9.86. The van der Waals surface area contributed by atoms with Crippen molar-refractivity contribution in [1.82, 2.24) is 19.1 Å². The Hall–Kier alpha value is -3.66. The smallest absolute Gasteiger partial charge is 0.243 e. The number of nitrogens with one attached hydrogen (secondary N) is 1. The first-order valence-electron chi connectivity index (χ1n) is 16.7. The van der Waals surface area contributed by atoms with Crippen LogP contribution in [0.4, 0.5) is 0 Å². The molecule has 4 aromatic rings. The zero-order valence-electron chi connectivity index (χ0n) is 26.8. The van der Waals surface area contributed by atoms with E-state index in [0.717, 1.165) is 48.0 Å². The van der Waals surface area contributed by atoms with Crippen LogP contribution in [0.1, 0.15) is 61.0 Å². The highest BCUT2D eigenvalue weighted by Gasteiger charge is 2.42. The number of rotatable bonds is 8.